The summed E-state index contributed by atoms with van der Waals surface area (Å²) >= 11 is 0. The number of hydrogen-bond acceptors (Lipinski definition) is 1. The van der Waals surface area contributed by atoms with E-state index in [2.05, 4.69) is 36.4 Å². The zero-order chi connectivity index (χ0) is 12.4. The Hall–Kier alpha value is -1.12. The number of hydrogen-bond donors (Lipinski definition) is 1. The Bertz CT molecular complexity index is 418. The lowest BCUT2D eigenvalue weighted by Gasteiger charge is -2.50. The van der Waals surface area contributed by atoms with Crippen molar-refractivity contribution in [2.75, 3.05) is 26.2 Å². The van der Waals surface area contributed by atoms with Crippen molar-refractivity contribution in [3.63, 3.8) is 0 Å². The Morgan fingerprint density at radius 3 is 2.56 bits per heavy atom. The average Bonchev–Trinajstić information content (AvgIpc) is 2.41. The third-order valence-electron chi connectivity index (χ3n) is 4.67. The molecule has 2 nitrogen and oxygen atoms in total. The molecule has 1 N–H and O–H groups in total. The highest BCUT2D eigenvalue weighted by molar-refractivity contribution is 5.48. The average molecular weight is 244 g/mol. The highest BCUT2D eigenvalue weighted by Gasteiger charge is 2.44. The Kier molecular flexibility index (Phi) is 3.23. The molecular weight excluding hydrogens is 222 g/mol. The highest BCUT2D eigenvalue weighted by atomic mass is 16.3. The van der Waals surface area contributed by atoms with Gasteiger partial charge in [0.2, 0.25) is 0 Å². The largest absolute Gasteiger partial charge is 0.387 e. The maximum Gasteiger partial charge on any atom is 0.106 e. The molecule has 0 saturated carbocycles. The Balaban J connectivity index is 1.64. The molecule has 3 fully saturated rings. The van der Waals surface area contributed by atoms with Crippen molar-refractivity contribution < 1.29 is 9.59 Å². The number of aliphatic hydroxyl groups is 1. The lowest BCUT2D eigenvalue weighted by molar-refractivity contribution is -0.941. The van der Waals surface area contributed by atoms with E-state index >= 15 is 0 Å². The van der Waals surface area contributed by atoms with E-state index in [-0.39, 0.29) is 6.10 Å². The minimum Gasteiger partial charge on any atom is -0.387 e. The summed E-state index contributed by atoms with van der Waals surface area (Å²) in [5.41, 5.74) is 1.27. The number of rotatable bonds is 3. The van der Waals surface area contributed by atoms with Gasteiger partial charge in [-0.25, -0.2) is 0 Å². The van der Waals surface area contributed by atoms with Crippen LogP contribution in [0.3, 0.4) is 0 Å². The molecule has 1 atom stereocenters. The van der Waals surface area contributed by atoms with E-state index in [1.807, 2.05) is 6.07 Å². The van der Waals surface area contributed by atoms with Crippen LogP contribution >= 0.6 is 0 Å². The summed E-state index contributed by atoms with van der Waals surface area (Å²) in [5.74, 6) is 0.586. The van der Waals surface area contributed by atoms with Crippen LogP contribution in [0.15, 0.2) is 36.4 Å². The SMILES string of the molecule is O[C@H]1C[N+]2(C/C=C/c3ccccc3)CCC1CC2. The van der Waals surface area contributed by atoms with Crippen molar-refractivity contribution in [2.45, 2.75) is 18.9 Å². The number of quaternary nitrogens is 1. The first-order valence-electron chi connectivity index (χ1n) is 7.02. The molecule has 2 bridgehead atoms. The number of piperidine rings is 3. The molecule has 0 amide bonds. The van der Waals surface area contributed by atoms with Gasteiger partial charge in [0.05, 0.1) is 19.6 Å². The van der Waals surface area contributed by atoms with E-state index < -0.39 is 0 Å². The predicted molar refractivity (Wildman–Crippen MR) is 73.9 cm³/mol. The van der Waals surface area contributed by atoms with Gasteiger partial charge in [-0.3, -0.25) is 0 Å². The zero-order valence-electron chi connectivity index (χ0n) is 10.8. The molecule has 0 unspecified atom stereocenters. The smallest absolute Gasteiger partial charge is 0.106 e. The van der Waals surface area contributed by atoms with Crippen LogP contribution < -0.4 is 0 Å². The highest BCUT2D eigenvalue weighted by Crippen LogP contribution is 2.33. The first-order valence-corrected chi connectivity index (χ1v) is 7.02. The Labute approximate surface area is 109 Å². The van der Waals surface area contributed by atoms with Crippen LogP contribution in [0.5, 0.6) is 0 Å². The van der Waals surface area contributed by atoms with Crippen LogP contribution in [-0.2, 0) is 0 Å². The van der Waals surface area contributed by atoms with E-state index in [9.17, 15) is 5.11 Å². The van der Waals surface area contributed by atoms with E-state index in [0.29, 0.717) is 5.92 Å². The molecular formula is C16H22NO+. The van der Waals surface area contributed by atoms with Gasteiger partial charge in [-0.05, 0) is 11.6 Å². The van der Waals surface area contributed by atoms with E-state index in [4.69, 9.17) is 0 Å². The van der Waals surface area contributed by atoms with Gasteiger partial charge < -0.3 is 9.59 Å². The standard InChI is InChI=1S/C16H22NO/c18-16-13-17(11-8-15(16)9-12-17)10-4-7-14-5-2-1-3-6-14/h1-7,15-16,18H,8-13H2/q+1/b7-4+/t15?,16-,17?/m0/s1. The summed E-state index contributed by atoms with van der Waals surface area (Å²) in [6, 6.07) is 10.5. The fourth-order valence-corrected chi connectivity index (χ4v) is 3.48. The second kappa shape index (κ2) is 4.87. The monoisotopic (exact) mass is 244 g/mol. The van der Waals surface area contributed by atoms with Crippen molar-refractivity contribution in [1.82, 2.24) is 0 Å². The summed E-state index contributed by atoms with van der Waals surface area (Å²) in [6.07, 6.45) is 6.85. The van der Waals surface area contributed by atoms with E-state index in [0.717, 1.165) is 17.6 Å². The van der Waals surface area contributed by atoms with Gasteiger partial charge in [0.15, 0.2) is 0 Å². The molecule has 0 radical (unpaired) electrons. The summed E-state index contributed by atoms with van der Waals surface area (Å²) in [4.78, 5) is 0. The van der Waals surface area contributed by atoms with Gasteiger partial charge in [-0.1, -0.05) is 36.4 Å². The first-order chi connectivity index (χ1) is 8.77. The molecule has 3 saturated heterocycles. The van der Waals surface area contributed by atoms with Gasteiger partial charge in [0.25, 0.3) is 0 Å². The van der Waals surface area contributed by atoms with Crippen molar-refractivity contribution in [3.05, 3.63) is 42.0 Å². The molecule has 0 aliphatic carbocycles. The minimum absolute atomic E-state index is 0.0578. The molecule has 18 heavy (non-hydrogen) atoms. The number of benzene rings is 1. The summed E-state index contributed by atoms with van der Waals surface area (Å²) in [7, 11) is 0. The van der Waals surface area contributed by atoms with Crippen LogP contribution in [0.25, 0.3) is 6.08 Å². The van der Waals surface area contributed by atoms with Crippen molar-refractivity contribution in [2.24, 2.45) is 5.92 Å². The van der Waals surface area contributed by atoms with Gasteiger partial charge in [-0.2, -0.15) is 0 Å². The molecule has 1 aromatic carbocycles. The minimum atomic E-state index is -0.0578. The van der Waals surface area contributed by atoms with Crippen molar-refractivity contribution in [1.29, 1.82) is 0 Å². The molecule has 0 spiro atoms. The fraction of sp³-hybridized carbons (Fsp3) is 0.500. The molecule has 3 heterocycles. The molecule has 4 rings (SSSR count). The quantitative estimate of drug-likeness (QED) is 0.809. The van der Waals surface area contributed by atoms with Crippen LogP contribution in [0, 0.1) is 5.92 Å². The topological polar surface area (TPSA) is 20.2 Å². The van der Waals surface area contributed by atoms with E-state index in [1.165, 1.54) is 31.5 Å². The molecule has 96 valence electrons. The zero-order valence-corrected chi connectivity index (χ0v) is 10.8. The van der Waals surface area contributed by atoms with Gasteiger partial charge in [0, 0.05) is 18.8 Å². The third-order valence-corrected chi connectivity index (χ3v) is 4.67. The van der Waals surface area contributed by atoms with Crippen LogP contribution in [0.4, 0.5) is 0 Å². The first kappa shape index (κ1) is 11.9. The van der Waals surface area contributed by atoms with Crippen molar-refractivity contribution in [3.8, 4) is 0 Å². The van der Waals surface area contributed by atoms with Crippen molar-refractivity contribution >= 4 is 6.08 Å². The van der Waals surface area contributed by atoms with Crippen LogP contribution in [0.2, 0.25) is 0 Å². The maximum absolute atomic E-state index is 10.0. The van der Waals surface area contributed by atoms with Gasteiger partial charge in [-0.15, -0.1) is 0 Å². The fourth-order valence-electron chi connectivity index (χ4n) is 3.48. The molecule has 2 heteroatoms. The lowest BCUT2D eigenvalue weighted by atomic mass is 9.83. The third kappa shape index (κ3) is 2.36. The number of aliphatic hydroxyl groups excluding tert-OH is 1. The van der Waals surface area contributed by atoms with Crippen LogP contribution in [0.1, 0.15) is 18.4 Å². The van der Waals surface area contributed by atoms with E-state index in [1.54, 1.807) is 0 Å². The Morgan fingerprint density at radius 2 is 1.89 bits per heavy atom. The normalized spacial score (nSPS) is 35.2. The number of fused-ring (bicyclic) bond motifs is 3. The van der Waals surface area contributed by atoms with Crippen LogP contribution in [-0.4, -0.2) is 41.9 Å². The maximum atomic E-state index is 10.0. The molecule has 3 aliphatic heterocycles. The predicted octanol–water partition coefficient (Wildman–Crippen LogP) is 2.30. The lowest BCUT2D eigenvalue weighted by Crippen LogP contribution is -2.63. The van der Waals surface area contributed by atoms with Gasteiger partial charge in [0.1, 0.15) is 12.6 Å². The summed E-state index contributed by atoms with van der Waals surface area (Å²) < 4.78 is 1.10. The molecule has 1 aromatic rings. The van der Waals surface area contributed by atoms with Gasteiger partial charge >= 0.3 is 0 Å². The summed E-state index contributed by atoms with van der Waals surface area (Å²) in [5, 5.41) is 10.0. The summed E-state index contributed by atoms with van der Waals surface area (Å²) in [6.45, 7) is 4.53. The Morgan fingerprint density at radius 1 is 1.17 bits per heavy atom. The number of nitrogens with zero attached hydrogens (tertiary/aromatic N) is 1. The second-order valence-corrected chi connectivity index (χ2v) is 5.87. The molecule has 0 aromatic heterocycles. The second-order valence-electron chi connectivity index (χ2n) is 5.87. The molecule has 3 aliphatic rings.